The molecule has 0 aliphatic rings. The van der Waals surface area contributed by atoms with E-state index in [1.165, 1.54) is 0 Å². The molecule has 9 nitrogen and oxygen atoms in total. The van der Waals surface area contributed by atoms with Crippen LogP contribution in [0, 0.1) is 0 Å². The monoisotopic (exact) mass is 332 g/mol. The fourth-order valence-electron chi connectivity index (χ4n) is 2.90. The molecule has 5 aromatic rings. The topological polar surface area (TPSA) is 141 Å². The number of benzene rings is 1. The largest absolute Gasteiger partial charge is 0.369 e. The molecule has 5 rings (SSSR count). The Morgan fingerprint density at radius 2 is 1.80 bits per heavy atom. The van der Waals surface area contributed by atoms with E-state index in [-0.39, 0.29) is 22.7 Å². The molecule has 0 amide bonds. The first-order valence-corrected chi connectivity index (χ1v) is 7.57. The van der Waals surface area contributed by atoms with Crippen molar-refractivity contribution in [3.8, 4) is 0 Å². The molecule has 0 aliphatic carbocycles. The van der Waals surface area contributed by atoms with Gasteiger partial charge in [0.25, 0.3) is 5.56 Å². The molecule has 0 saturated carbocycles. The van der Waals surface area contributed by atoms with E-state index in [4.69, 9.17) is 5.73 Å². The third kappa shape index (κ3) is 2.10. The maximum atomic E-state index is 11.8. The van der Waals surface area contributed by atoms with Crippen LogP contribution in [0.1, 0.15) is 0 Å². The Morgan fingerprint density at radius 3 is 2.72 bits per heavy atom. The molecule has 1 aromatic carbocycles. The van der Waals surface area contributed by atoms with Crippen LogP contribution in [0.25, 0.3) is 33.1 Å². The molecule has 0 unspecified atom stereocenters. The second-order valence-electron chi connectivity index (χ2n) is 5.62. The van der Waals surface area contributed by atoms with Crippen molar-refractivity contribution in [3.63, 3.8) is 0 Å². The Labute approximate surface area is 139 Å². The number of anilines is 3. The summed E-state index contributed by atoms with van der Waals surface area (Å²) in [6.07, 6.45) is 0. The average molecular weight is 332 g/mol. The fraction of sp³-hybridized carbons (Fsp3) is 0. The Balaban J connectivity index is 1.58. The zero-order chi connectivity index (χ0) is 17.0. The van der Waals surface area contributed by atoms with Crippen molar-refractivity contribution in [2.45, 2.75) is 0 Å². The van der Waals surface area contributed by atoms with E-state index in [0.29, 0.717) is 11.8 Å². The number of imidazole rings is 1. The van der Waals surface area contributed by atoms with Crippen LogP contribution >= 0.6 is 0 Å². The number of hydrogen-bond acceptors (Lipinski definition) is 6. The van der Waals surface area contributed by atoms with Gasteiger partial charge in [0.2, 0.25) is 11.9 Å². The molecular weight excluding hydrogens is 320 g/mol. The Morgan fingerprint density at radius 1 is 0.920 bits per heavy atom. The summed E-state index contributed by atoms with van der Waals surface area (Å²) in [5.41, 5.74) is 7.45. The van der Waals surface area contributed by atoms with Crippen molar-refractivity contribution < 1.29 is 0 Å². The van der Waals surface area contributed by atoms with Gasteiger partial charge in [-0.15, -0.1) is 0 Å². The van der Waals surface area contributed by atoms with E-state index in [9.17, 15) is 4.79 Å². The molecule has 25 heavy (non-hydrogen) atoms. The third-order valence-electron chi connectivity index (χ3n) is 3.99. The van der Waals surface area contributed by atoms with Gasteiger partial charge in [0.15, 0.2) is 11.2 Å². The Kier molecular flexibility index (Phi) is 2.60. The minimum absolute atomic E-state index is 0.0215. The van der Waals surface area contributed by atoms with E-state index < -0.39 is 0 Å². The van der Waals surface area contributed by atoms with Gasteiger partial charge in [-0.25, -0.2) is 4.98 Å². The molecule has 0 saturated heterocycles. The van der Waals surface area contributed by atoms with E-state index in [2.05, 4.69) is 35.2 Å². The van der Waals surface area contributed by atoms with Crippen molar-refractivity contribution in [2.24, 2.45) is 0 Å². The van der Waals surface area contributed by atoms with Crippen molar-refractivity contribution in [2.75, 3.05) is 11.1 Å². The summed E-state index contributed by atoms with van der Waals surface area (Å²) >= 11 is 0. The van der Waals surface area contributed by atoms with Crippen LogP contribution in [0.15, 0.2) is 41.2 Å². The number of nitrogens with two attached hydrogens (primary N) is 1. The van der Waals surface area contributed by atoms with Gasteiger partial charge < -0.3 is 21.0 Å². The highest BCUT2D eigenvalue weighted by atomic mass is 16.1. The summed E-state index contributed by atoms with van der Waals surface area (Å²) in [6.45, 7) is 0. The van der Waals surface area contributed by atoms with E-state index in [1.54, 1.807) is 0 Å². The number of fused-ring (bicyclic) bond motifs is 4. The highest BCUT2D eigenvalue weighted by Gasteiger charge is 2.10. The molecule has 0 spiro atoms. The molecule has 0 atom stereocenters. The lowest BCUT2D eigenvalue weighted by atomic mass is 10.2. The zero-order valence-corrected chi connectivity index (χ0v) is 12.8. The number of nitrogens with zero attached hydrogens (tertiary/aromatic N) is 3. The molecule has 0 aliphatic heterocycles. The van der Waals surface area contributed by atoms with E-state index in [1.807, 2.05) is 36.4 Å². The van der Waals surface area contributed by atoms with Gasteiger partial charge in [0.1, 0.15) is 11.5 Å². The summed E-state index contributed by atoms with van der Waals surface area (Å²) in [7, 11) is 0. The normalized spacial score (nSPS) is 11.5. The molecule has 9 heteroatoms. The van der Waals surface area contributed by atoms with Crippen LogP contribution in [-0.2, 0) is 0 Å². The van der Waals surface area contributed by atoms with Crippen molar-refractivity contribution >= 4 is 50.8 Å². The molecule has 0 radical (unpaired) electrons. The highest BCUT2D eigenvalue weighted by molar-refractivity contribution is 6.06. The zero-order valence-electron chi connectivity index (χ0n) is 12.8. The van der Waals surface area contributed by atoms with Crippen LogP contribution in [0.3, 0.4) is 0 Å². The van der Waals surface area contributed by atoms with Crippen LogP contribution in [0.2, 0.25) is 0 Å². The lowest BCUT2D eigenvalue weighted by Crippen LogP contribution is -2.10. The molecule has 6 N–H and O–H groups in total. The lowest BCUT2D eigenvalue weighted by molar-refractivity contribution is 1.17. The van der Waals surface area contributed by atoms with Crippen molar-refractivity contribution in [1.29, 1.82) is 0 Å². The number of pyridine rings is 1. The van der Waals surface area contributed by atoms with Crippen LogP contribution in [0.4, 0.5) is 17.7 Å². The number of nitrogen functional groups attached to an aromatic ring is 1. The number of para-hydroxylation sites is 1. The second kappa shape index (κ2) is 4.81. The molecule has 122 valence electrons. The number of aromatic nitrogens is 6. The number of rotatable bonds is 2. The van der Waals surface area contributed by atoms with E-state index >= 15 is 0 Å². The smallest absolute Gasteiger partial charge is 0.278 e. The summed E-state index contributed by atoms with van der Waals surface area (Å²) in [5.74, 6) is 0.970. The second-order valence-corrected chi connectivity index (χ2v) is 5.62. The minimum Gasteiger partial charge on any atom is -0.369 e. The first-order valence-electron chi connectivity index (χ1n) is 7.57. The van der Waals surface area contributed by atoms with Gasteiger partial charge >= 0.3 is 0 Å². The lowest BCUT2D eigenvalue weighted by Gasteiger charge is -2.01. The van der Waals surface area contributed by atoms with E-state index in [0.717, 1.165) is 21.9 Å². The summed E-state index contributed by atoms with van der Waals surface area (Å²) in [4.78, 5) is 33.2. The molecular formula is C16H12N8O. The van der Waals surface area contributed by atoms with Gasteiger partial charge in [0.05, 0.1) is 0 Å². The third-order valence-corrected chi connectivity index (χ3v) is 3.99. The van der Waals surface area contributed by atoms with Crippen molar-refractivity contribution in [1.82, 2.24) is 29.9 Å². The molecule has 4 aromatic heterocycles. The number of hydrogen-bond donors (Lipinski definition) is 5. The van der Waals surface area contributed by atoms with Crippen LogP contribution in [0.5, 0.6) is 0 Å². The quantitative estimate of drug-likeness (QED) is 0.335. The molecule has 0 fully saturated rings. The number of aromatic amines is 3. The van der Waals surface area contributed by atoms with Crippen LogP contribution < -0.4 is 16.6 Å². The Bertz CT molecular complexity index is 1310. The van der Waals surface area contributed by atoms with Crippen molar-refractivity contribution in [3.05, 3.63) is 46.8 Å². The summed E-state index contributed by atoms with van der Waals surface area (Å²) < 4.78 is 0. The van der Waals surface area contributed by atoms with Crippen LogP contribution in [-0.4, -0.2) is 29.9 Å². The molecule has 4 heterocycles. The maximum Gasteiger partial charge on any atom is 0.278 e. The maximum absolute atomic E-state index is 11.8. The predicted octanol–water partition coefficient (Wildman–Crippen LogP) is 2.00. The van der Waals surface area contributed by atoms with Gasteiger partial charge in [-0.3, -0.25) is 9.78 Å². The fourth-order valence-corrected chi connectivity index (χ4v) is 2.90. The average Bonchev–Trinajstić information content (AvgIpc) is 3.15. The van der Waals surface area contributed by atoms with Gasteiger partial charge in [-0.1, -0.05) is 18.2 Å². The Hall–Kier alpha value is -3.88. The van der Waals surface area contributed by atoms with Gasteiger partial charge in [-0.05, 0) is 18.2 Å². The number of H-pyrrole nitrogens is 3. The highest BCUT2D eigenvalue weighted by Crippen LogP contribution is 2.25. The predicted molar refractivity (Wildman–Crippen MR) is 95.8 cm³/mol. The first-order chi connectivity index (χ1) is 12.2. The SMILES string of the molecule is Nc1nc2nc(Nc3ccc4c(n3)[nH]c3ccccc34)[nH]c2c(=O)[nH]1. The molecule has 0 bridgehead atoms. The summed E-state index contributed by atoms with van der Waals surface area (Å²) in [5, 5.41) is 5.20. The standard InChI is InChI=1S/C16H12N8O/c17-15-22-13-11(14(25)24-15)21-16(23-13)20-10-6-5-8-7-3-1-2-4-9(7)18-12(8)19-10/h1-6H,(H6,17,18,19,20,21,22,23,24,25). The summed E-state index contributed by atoms with van der Waals surface area (Å²) in [6, 6.07) is 11.8. The number of nitrogens with one attached hydrogen (secondary N) is 4. The van der Waals surface area contributed by atoms with Gasteiger partial charge in [-0.2, -0.15) is 9.97 Å². The first kappa shape index (κ1) is 13.5. The van der Waals surface area contributed by atoms with Gasteiger partial charge in [0, 0.05) is 16.3 Å². The minimum atomic E-state index is -0.373.